The number of carbonyl (C=O) groups is 2. The molecular weight excluding hydrogens is 469 g/mol. The van der Waals surface area contributed by atoms with Gasteiger partial charge in [0, 0.05) is 17.7 Å². The first-order valence-electron chi connectivity index (χ1n) is 8.54. The molecule has 2 heterocycles. The number of nitrogens with one attached hydrogen (secondary N) is 2. The standard InChI is InChI=1S/C17H12F5N3O6S/c18-14(19)31-9-4-3-7(25(29)30)6-8(9)12-11(13(26)10-2-1-5-32-10)16(28,17(20,21)22)24-15(27)23-12/h1-6,11-12,14,28H,(H2,23,24,27). The summed E-state index contributed by atoms with van der Waals surface area (Å²) in [6.07, 6.45) is -5.59. The molecular formula is C17H12F5N3O6S. The third-order valence-corrected chi connectivity index (χ3v) is 5.49. The molecule has 1 aromatic carbocycles. The van der Waals surface area contributed by atoms with Gasteiger partial charge in [0.25, 0.3) is 5.69 Å². The van der Waals surface area contributed by atoms with Gasteiger partial charge in [0.05, 0.1) is 15.8 Å². The number of non-ortho nitro benzene ring substituents is 1. The Labute approximate surface area is 178 Å². The van der Waals surface area contributed by atoms with E-state index < -0.39 is 64.2 Å². The number of nitrogens with zero attached hydrogens (tertiary/aromatic N) is 1. The lowest BCUT2D eigenvalue weighted by atomic mass is 9.78. The Hall–Kier alpha value is -3.33. The Morgan fingerprint density at radius 1 is 1.31 bits per heavy atom. The number of nitro benzene ring substituents is 1. The maximum atomic E-state index is 13.9. The first-order chi connectivity index (χ1) is 14.8. The third-order valence-electron chi connectivity index (χ3n) is 4.61. The third kappa shape index (κ3) is 4.20. The molecule has 3 N–H and O–H groups in total. The van der Waals surface area contributed by atoms with E-state index in [9.17, 15) is 46.8 Å². The molecule has 1 aliphatic heterocycles. The minimum atomic E-state index is -5.59. The molecule has 1 saturated heterocycles. The zero-order chi connectivity index (χ0) is 23.8. The van der Waals surface area contributed by atoms with E-state index in [2.05, 4.69) is 4.74 Å². The molecule has 0 radical (unpaired) electrons. The van der Waals surface area contributed by atoms with Crippen LogP contribution in [0.2, 0.25) is 0 Å². The zero-order valence-corrected chi connectivity index (χ0v) is 16.2. The van der Waals surface area contributed by atoms with Crippen molar-refractivity contribution < 1.29 is 46.3 Å². The number of alkyl halides is 5. The number of ether oxygens (including phenoxy) is 1. The van der Waals surface area contributed by atoms with Crippen LogP contribution in [0.15, 0.2) is 35.7 Å². The SMILES string of the molecule is O=C1NC(c2cc([N+](=O)[O-])ccc2OC(F)F)C(C(=O)c2cccs2)C(O)(C(F)(F)F)N1. The molecule has 3 unspecified atom stereocenters. The molecule has 0 spiro atoms. The van der Waals surface area contributed by atoms with Crippen LogP contribution in [0.4, 0.5) is 32.4 Å². The molecule has 32 heavy (non-hydrogen) atoms. The molecule has 1 aliphatic rings. The van der Waals surface area contributed by atoms with Crippen LogP contribution >= 0.6 is 11.3 Å². The fraction of sp³-hybridized carbons (Fsp3) is 0.294. The van der Waals surface area contributed by atoms with Crippen LogP contribution in [0.1, 0.15) is 21.3 Å². The molecule has 0 aliphatic carbocycles. The largest absolute Gasteiger partial charge is 0.437 e. The summed E-state index contributed by atoms with van der Waals surface area (Å²) in [4.78, 5) is 34.9. The Morgan fingerprint density at radius 2 is 2.00 bits per heavy atom. The quantitative estimate of drug-likeness (QED) is 0.251. The number of Topliss-reactive ketones (excluding diaryl/α,β-unsaturated/α-hetero) is 1. The van der Waals surface area contributed by atoms with E-state index >= 15 is 0 Å². The van der Waals surface area contributed by atoms with Gasteiger partial charge in [-0.2, -0.15) is 22.0 Å². The van der Waals surface area contributed by atoms with E-state index in [1.165, 1.54) is 16.8 Å². The molecule has 9 nitrogen and oxygen atoms in total. The van der Waals surface area contributed by atoms with E-state index in [-0.39, 0.29) is 4.88 Å². The minimum Gasteiger partial charge on any atom is -0.434 e. The number of carbonyl (C=O) groups excluding carboxylic acids is 2. The highest BCUT2D eigenvalue weighted by molar-refractivity contribution is 7.12. The van der Waals surface area contributed by atoms with Crippen LogP contribution in [0.25, 0.3) is 0 Å². The topological polar surface area (TPSA) is 131 Å². The summed E-state index contributed by atoms with van der Waals surface area (Å²) in [6, 6.07) is 0.787. The number of aliphatic hydroxyl groups is 1. The van der Waals surface area contributed by atoms with Gasteiger partial charge in [0.2, 0.25) is 5.72 Å². The molecule has 3 atom stereocenters. The predicted molar refractivity (Wildman–Crippen MR) is 97.3 cm³/mol. The average Bonchev–Trinajstić information content (AvgIpc) is 3.20. The lowest BCUT2D eigenvalue weighted by Crippen LogP contribution is -2.72. The van der Waals surface area contributed by atoms with E-state index in [0.717, 1.165) is 23.5 Å². The lowest BCUT2D eigenvalue weighted by Gasteiger charge is -2.45. The average molecular weight is 481 g/mol. The van der Waals surface area contributed by atoms with Gasteiger partial charge in [-0.25, -0.2) is 4.79 Å². The summed E-state index contributed by atoms with van der Waals surface area (Å²) in [5.41, 5.74) is -5.60. The van der Waals surface area contributed by atoms with Gasteiger partial charge in [0.15, 0.2) is 5.78 Å². The van der Waals surface area contributed by atoms with Crippen molar-refractivity contribution in [3.05, 3.63) is 56.3 Å². The fourth-order valence-corrected chi connectivity index (χ4v) is 3.97. The van der Waals surface area contributed by atoms with Crippen molar-refractivity contribution in [2.24, 2.45) is 5.92 Å². The van der Waals surface area contributed by atoms with Crippen molar-refractivity contribution in [2.45, 2.75) is 24.6 Å². The molecule has 0 saturated carbocycles. The van der Waals surface area contributed by atoms with Gasteiger partial charge < -0.3 is 20.5 Å². The number of thiophene rings is 1. The van der Waals surface area contributed by atoms with Crippen molar-refractivity contribution in [2.75, 3.05) is 0 Å². The number of halogens is 5. The van der Waals surface area contributed by atoms with Gasteiger partial charge >= 0.3 is 18.8 Å². The molecule has 1 aromatic heterocycles. The summed E-state index contributed by atoms with van der Waals surface area (Å²) < 4.78 is 71.6. The highest BCUT2D eigenvalue weighted by Gasteiger charge is 2.66. The summed E-state index contributed by atoms with van der Waals surface area (Å²) in [7, 11) is 0. The van der Waals surface area contributed by atoms with Gasteiger partial charge in [-0.05, 0) is 17.5 Å². The second-order valence-electron chi connectivity index (χ2n) is 6.52. The van der Waals surface area contributed by atoms with Crippen LogP contribution in [0.3, 0.4) is 0 Å². The Kier molecular flexibility index (Phi) is 6.06. The highest BCUT2D eigenvalue weighted by Crippen LogP contribution is 2.46. The molecule has 172 valence electrons. The van der Waals surface area contributed by atoms with E-state index in [0.29, 0.717) is 12.1 Å². The van der Waals surface area contributed by atoms with Gasteiger partial charge in [-0.1, -0.05) is 6.07 Å². The summed E-state index contributed by atoms with van der Waals surface area (Å²) in [5.74, 6) is -4.68. The lowest BCUT2D eigenvalue weighted by molar-refractivity contribution is -0.385. The summed E-state index contributed by atoms with van der Waals surface area (Å²) in [5, 5.41) is 26.2. The molecule has 15 heteroatoms. The normalized spacial score (nSPS) is 23.4. The number of hydrogen-bond donors (Lipinski definition) is 3. The summed E-state index contributed by atoms with van der Waals surface area (Å²) >= 11 is 0.729. The maximum absolute atomic E-state index is 13.9. The predicted octanol–water partition coefficient (Wildman–Crippen LogP) is 3.36. The molecule has 0 bridgehead atoms. The van der Waals surface area contributed by atoms with Crippen LogP contribution in [0.5, 0.6) is 5.75 Å². The van der Waals surface area contributed by atoms with Crippen molar-refractivity contribution in [1.82, 2.24) is 10.6 Å². The maximum Gasteiger partial charge on any atom is 0.437 e. The number of amides is 2. The van der Waals surface area contributed by atoms with Crippen molar-refractivity contribution in [3.8, 4) is 5.75 Å². The number of nitro groups is 1. The van der Waals surface area contributed by atoms with Crippen LogP contribution in [-0.2, 0) is 0 Å². The molecule has 3 rings (SSSR count). The number of ketones is 1. The monoisotopic (exact) mass is 481 g/mol. The van der Waals surface area contributed by atoms with Crippen molar-refractivity contribution >= 4 is 28.8 Å². The molecule has 2 amide bonds. The smallest absolute Gasteiger partial charge is 0.434 e. The second-order valence-corrected chi connectivity index (χ2v) is 7.46. The van der Waals surface area contributed by atoms with Gasteiger partial charge in [0.1, 0.15) is 11.7 Å². The second kappa shape index (κ2) is 8.31. The van der Waals surface area contributed by atoms with E-state index in [4.69, 9.17) is 0 Å². The Bertz CT molecular complexity index is 1050. The Morgan fingerprint density at radius 3 is 2.53 bits per heavy atom. The highest BCUT2D eigenvalue weighted by atomic mass is 32.1. The molecule has 1 fully saturated rings. The number of rotatable bonds is 6. The Balaban J connectivity index is 2.26. The van der Waals surface area contributed by atoms with E-state index in [1.54, 1.807) is 0 Å². The van der Waals surface area contributed by atoms with Crippen LogP contribution < -0.4 is 15.4 Å². The number of urea groups is 1. The van der Waals surface area contributed by atoms with Crippen molar-refractivity contribution in [1.29, 1.82) is 0 Å². The van der Waals surface area contributed by atoms with E-state index in [1.807, 2.05) is 5.32 Å². The number of benzene rings is 1. The molecule has 2 aromatic rings. The first-order valence-corrected chi connectivity index (χ1v) is 9.41. The van der Waals surface area contributed by atoms with Gasteiger partial charge in [-0.3, -0.25) is 14.9 Å². The minimum absolute atomic E-state index is 0.248. The van der Waals surface area contributed by atoms with Crippen molar-refractivity contribution in [3.63, 3.8) is 0 Å². The summed E-state index contributed by atoms with van der Waals surface area (Å²) in [6.45, 7) is -3.49. The first kappa shape index (κ1) is 23.3. The van der Waals surface area contributed by atoms with Crippen LogP contribution in [0, 0.1) is 16.0 Å². The fourth-order valence-electron chi connectivity index (χ4n) is 3.27. The van der Waals surface area contributed by atoms with Gasteiger partial charge in [-0.15, -0.1) is 11.3 Å². The zero-order valence-electron chi connectivity index (χ0n) is 15.4. The number of hydrogen-bond acceptors (Lipinski definition) is 7. The van der Waals surface area contributed by atoms with Crippen LogP contribution in [-0.4, -0.2) is 40.4 Å².